The molecule has 3 heterocycles. The van der Waals surface area contributed by atoms with Gasteiger partial charge >= 0.3 is 0 Å². The van der Waals surface area contributed by atoms with Crippen LogP contribution < -0.4 is 16.0 Å². The van der Waals surface area contributed by atoms with Gasteiger partial charge in [-0.2, -0.15) is 0 Å². The van der Waals surface area contributed by atoms with E-state index in [9.17, 15) is 4.79 Å². The van der Waals surface area contributed by atoms with Gasteiger partial charge in [0.15, 0.2) is 5.96 Å². The molecule has 1 aromatic heterocycles. The van der Waals surface area contributed by atoms with E-state index in [-0.39, 0.29) is 12.0 Å². The number of anilines is 1. The predicted octanol–water partition coefficient (Wildman–Crippen LogP) is 1.36. The normalized spacial score (nSPS) is 23.2. The molecule has 2 atom stereocenters. The smallest absolute Gasteiger partial charge is 0.217 e. The molecule has 29 heavy (non-hydrogen) atoms. The first-order chi connectivity index (χ1) is 14.0. The van der Waals surface area contributed by atoms with E-state index in [4.69, 9.17) is 15.5 Å². The molecule has 2 aliphatic rings. The lowest BCUT2D eigenvalue weighted by molar-refractivity contribution is -0.119. The Balaban J connectivity index is 1.61. The van der Waals surface area contributed by atoms with Crippen molar-refractivity contribution in [2.75, 3.05) is 44.2 Å². The number of morpholine rings is 1. The average Bonchev–Trinajstić information content (AvgIpc) is 2.71. The molecule has 2 fully saturated rings. The summed E-state index contributed by atoms with van der Waals surface area (Å²) < 4.78 is 5.60. The van der Waals surface area contributed by atoms with Crippen LogP contribution in [0.5, 0.6) is 0 Å². The summed E-state index contributed by atoms with van der Waals surface area (Å²) in [6.45, 7) is 9.81. The number of guanidine groups is 1. The molecule has 3 N–H and O–H groups in total. The zero-order valence-electron chi connectivity index (χ0n) is 17.6. The molecule has 0 aliphatic carbocycles. The molecule has 0 aromatic carbocycles. The van der Waals surface area contributed by atoms with E-state index >= 15 is 0 Å². The average molecular weight is 403 g/mol. The Kier molecular flexibility index (Phi) is 7.69. The first kappa shape index (κ1) is 21.4. The molecule has 8 heteroatoms. The van der Waals surface area contributed by atoms with Crippen LogP contribution in [0, 0.1) is 5.92 Å². The number of amides is 1. The number of primary amides is 1. The van der Waals surface area contributed by atoms with Gasteiger partial charge in [-0.05, 0) is 44.2 Å². The summed E-state index contributed by atoms with van der Waals surface area (Å²) in [6.07, 6.45) is 4.69. The Hall–Kier alpha value is -2.35. The highest BCUT2D eigenvalue weighted by Gasteiger charge is 2.23. The minimum Gasteiger partial charge on any atom is -0.375 e. The van der Waals surface area contributed by atoms with Crippen molar-refractivity contribution in [1.29, 1.82) is 0 Å². The molecule has 0 bridgehead atoms. The fraction of sp³-hybridized carbons (Fsp3) is 0.667. The van der Waals surface area contributed by atoms with Gasteiger partial charge < -0.3 is 25.6 Å². The third-order valence-corrected chi connectivity index (χ3v) is 5.43. The Labute approximate surface area is 173 Å². The number of nitrogens with two attached hydrogens (primary N) is 1. The van der Waals surface area contributed by atoms with Crippen molar-refractivity contribution in [3.63, 3.8) is 0 Å². The van der Waals surface area contributed by atoms with Crippen LogP contribution in [0.3, 0.4) is 0 Å². The van der Waals surface area contributed by atoms with E-state index in [1.54, 1.807) is 0 Å². The van der Waals surface area contributed by atoms with Gasteiger partial charge in [-0.3, -0.25) is 4.79 Å². The molecular weight excluding hydrogens is 368 g/mol. The van der Waals surface area contributed by atoms with Crippen LogP contribution in [0.1, 0.15) is 38.7 Å². The van der Waals surface area contributed by atoms with Crippen molar-refractivity contribution in [2.45, 2.75) is 45.8 Å². The Morgan fingerprint density at radius 1 is 1.38 bits per heavy atom. The lowest BCUT2D eigenvalue weighted by Gasteiger charge is -2.34. The highest BCUT2D eigenvalue weighted by Crippen LogP contribution is 2.20. The lowest BCUT2D eigenvalue weighted by atomic mass is 9.95. The first-order valence-corrected chi connectivity index (χ1v) is 10.7. The number of hydrogen-bond acceptors (Lipinski definition) is 5. The van der Waals surface area contributed by atoms with Crippen LogP contribution in [0.2, 0.25) is 0 Å². The fourth-order valence-electron chi connectivity index (χ4n) is 4.02. The van der Waals surface area contributed by atoms with E-state index in [1.807, 2.05) is 6.20 Å². The van der Waals surface area contributed by atoms with Crippen molar-refractivity contribution >= 4 is 17.7 Å². The zero-order chi connectivity index (χ0) is 20.6. The van der Waals surface area contributed by atoms with Crippen molar-refractivity contribution < 1.29 is 9.53 Å². The number of carbonyl (C=O) groups excluding carboxylic acids is 1. The summed E-state index contributed by atoms with van der Waals surface area (Å²) in [5, 5.41) is 3.38. The van der Waals surface area contributed by atoms with Crippen LogP contribution in [-0.2, 0) is 16.1 Å². The second kappa shape index (κ2) is 10.4. The van der Waals surface area contributed by atoms with Crippen LogP contribution in [0.15, 0.2) is 23.3 Å². The number of aromatic nitrogens is 1. The van der Waals surface area contributed by atoms with Gasteiger partial charge in [0.2, 0.25) is 5.91 Å². The number of nitrogens with zero attached hydrogens (tertiary/aromatic N) is 4. The van der Waals surface area contributed by atoms with Crippen LogP contribution in [0.4, 0.5) is 5.82 Å². The summed E-state index contributed by atoms with van der Waals surface area (Å²) in [7, 11) is 0. The zero-order valence-corrected chi connectivity index (χ0v) is 17.6. The number of nitrogens with one attached hydrogen (secondary N) is 1. The van der Waals surface area contributed by atoms with E-state index in [1.165, 1.54) is 0 Å². The highest BCUT2D eigenvalue weighted by molar-refractivity contribution is 5.80. The topological polar surface area (TPSA) is 96.1 Å². The third kappa shape index (κ3) is 6.32. The number of piperidine rings is 1. The molecule has 3 rings (SSSR count). The van der Waals surface area contributed by atoms with Gasteiger partial charge in [0.05, 0.1) is 19.3 Å². The number of hydrogen-bond donors (Lipinski definition) is 2. The minimum absolute atomic E-state index is 0.223. The summed E-state index contributed by atoms with van der Waals surface area (Å²) >= 11 is 0. The third-order valence-electron chi connectivity index (χ3n) is 5.43. The number of likely N-dealkylation sites (tertiary alicyclic amines) is 1. The van der Waals surface area contributed by atoms with Crippen molar-refractivity contribution in [3.05, 3.63) is 23.9 Å². The molecule has 160 valence electrons. The quantitative estimate of drug-likeness (QED) is 0.551. The van der Waals surface area contributed by atoms with Gasteiger partial charge in [-0.1, -0.05) is 6.07 Å². The summed E-state index contributed by atoms with van der Waals surface area (Å²) in [5.74, 6) is 1.97. The molecule has 2 saturated heterocycles. The second-order valence-corrected chi connectivity index (χ2v) is 7.95. The molecule has 2 unspecified atom stereocenters. The Bertz CT molecular complexity index is 693. The predicted molar refractivity (Wildman–Crippen MR) is 115 cm³/mol. The number of pyridine rings is 1. The lowest BCUT2D eigenvalue weighted by Crippen LogP contribution is -2.47. The standard InChI is InChI=1S/C21H34N6O2/c1-3-23-21(27-8-4-5-17(15-27)11-19(22)28)25-13-18-6-7-20(24-12-18)26-9-10-29-16(2)14-26/h6-7,12,16-17H,3-5,8-11,13-15H2,1-2H3,(H2,22,28)(H,23,25). The largest absolute Gasteiger partial charge is 0.375 e. The number of carbonyl (C=O) groups is 1. The summed E-state index contributed by atoms with van der Waals surface area (Å²) in [5.41, 5.74) is 6.47. The molecule has 0 spiro atoms. The molecule has 2 aliphatic heterocycles. The fourth-order valence-corrected chi connectivity index (χ4v) is 4.02. The molecular formula is C21H34N6O2. The first-order valence-electron chi connectivity index (χ1n) is 10.7. The van der Waals surface area contributed by atoms with E-state index in [0.29, 0.717) is 18.9 Å². The Morgan fingerprint density at radius 3 is 2.93 bits per heavy atom. The maximum atomic E-state index is 11.3. The maximum absolute atomic E-state index is 11.3. The van der Waals surface area contributed by atoms with Crippen molar-refractivity contribution in [1.82, 2.24) is 15.2 Å². The molecule has 0 saturated carbocycles. The van der Waals surface area contributed by atoms with E-state index < -0.39 is 0 Å². The summed E-state index contributed by atoms with van der Waals surface area (Å²) in [4.78, 5) is 25.2. The SMILES string of the molecule is CCNC(=NCc1ccc(N2CCOC(C)C2)nc1)N1CCCC(CC(N)=O)C1. The van der Waals surface area contributed by atoms with Gasteiger partial charge in [0.25, 0.3) is 0 Å². The van der Waals surface area contributed by atoms with Gasteiger partial charge in [0.1, 0.15) is 5.82 Å². The highest BCUT2D eigenvalue weighted by atomic mass is 16.5. The van der Waals surface area contributed by atoms with Crippen molar-refractivity contribution in [2.24, 2.45) is 16.6 Å². The summed E-state index contributed by atoms with van der Waals surface area (Å²) in [6, 6.07) is 4.17. The van der Waals surface area contributed by atoms with Crippen LogP contribution in [0.25, 0.3) is 0 Å². The van der Waals surface area contributed by atoms with E-state index in [0.717, 1.165) is 69.5 Å². The van der Waals surface area contributed by atoms with Gasteiger partial charge in [-0.15, -0.1) is 0 Å². The van der Waals surface area contributed by atoms with Gasteiger partial charge in [0, 0.05) is 45.3 Å². The van der Waals surface area contributed by atoms with Crippen molar-refractivity contribution in [3.8, 4) is 0 Å². The van der Waals surface area contributed by atoms with Gasteiger partial charge in [-0.25, -0.2) is 9.98 Å². The Morgan fingerprint density at radius 2 is 2.24 bits per heavy atom. The maximum Gasteiger partial charge on any atom is 0.217 e. The molecule has 8 nitrogen and oxygen atoms in total. The van der Waals surface area contributed by atoms with Crippen LogP contribution in [-0.4, -0.2) is 67.2 Å². The van der Waals surface area contributed by atoms with Crippen LogP contribution >= 0.6 is 0 Å². The molecule has 1 amide bonds. The minimum atomic E-state index is -0.223. The molecule has 1 aromatic rings. The monoisotopic (exact) mass is 402 g/mol. The number of ether oxygens (including phenoxy) is 1. The number of aliphatic imine (C=N–C) groups is 1. The second-order valence-electron chi connectivity index (χ2n) is 7.95. The molecule has 0 radical (unpaired) electrons. The number of rotatable bonds is 6. The van der Waals surface area contributed by atoms with E-state index in [2.05, 4.69) is 46.1 Å².